The summed E-state index contributed by atoms with van der Waals surface area (Å²) in [6.07, 6.45) is 7.92. The maximum absolute atomic E-state index is 5.69. The molecule has 2 aliphatic rings. The minimum atomic E-state index is -0.247. The minimum absolute atomic E-state index is 0.247. The Morgan fingerprint density at radius 2 is 2.00 bits per heavy atom. The number of aromatic nitrogens is 2. The molecule has 0 unspecified atom stereocenters. The van der Waals surface area contributed by atoms with Crippen LogP contribution >= 0.6 is 0 Å². The van der Waals surface area contributed by atoms with Gasteiger partial charge < -0.3 is 14.5 Å². The van der Waals surface area contributed by atoms with Gasteiger partial charge in [0, 0.05) is 31.2 Å². The fourth-order valence-corrected chi connectivity index (χ4v) is 2.62. The third-order valence-corrected chi connectivity index (χ3v) is 3.47. The summed E-state index contributed by atoms with van der Waals surface area (Å²) >= 11 is 0. The molecular formula is C11H16N2O2. The van der Waals surface area contributed by atoms with Crippen LogP contribution < -0.4 is 0 Å². The van der Waals surface area contributed by atoms with Gasteiger partial charge in [-0.3, -0.25) is 0 Å². The Kier molecular flexibility index (Phi) is 2.25. The number of nitrogens with zero attached hydrogens (tertiary/aromatic N) is 1. The van der Waals surface area contributed by atoms with E-state index in [-0.39, 0.29) is 5.79 Å². The second-order valence-electron chi connectivity index (χ2n) is 4.36. The predicted molar refractivity (Wildman–Crippen MR) is 54.4 cm³/mol. The molecule has 1 saturated heterocycles. The van der Waals surface area contributed by atoms with Gasteiger partial charge in [-0.05, 0) is 12.8 Å². The molecule has 82 valence electrons. The molecular weight excluding hydrogens is 192 g/mol. The van der Waals surface area contributed by atoms with E-state index in [1.807, 2.05) is 12.4 Å². The zero-order valence-corrected chi connectivity index (χ0v) is 8.74. The van der Waals surface area contributed by atoms with Crippen LogP contribution in [0, 0.1) is 0 Å². The highest BCUT2D eigenvalue weighted by Gasteiger charge is 2.40. The topological polar surface area (TPSA) is 47.1 Å². The summed E-state index contributed by atoms with van der Waals surface area (Å²) in [5, 5.41) is 0. The molecule has 3 rings (SSSR count). The van der Waals surface area contributed by atoms with Crippen LogP contribution in [-0.2, 0) is 9.47 Å². The first-order chi connectivity index (χ1) is 7.38. The fraction of sp³-hybridized carbons (Fsp3) is 0.727. The molecule has 2 heterocycles. The lowest BCUT2D eigenvalue weighted by Crippen LogP contribution is -2.34. The van der Waals surface area contributed by atoms with Crippen LogP contribution in [0.1, 0.15) is 37.4 Å². The number of ether oxygens (including phenoxy) is 2. The lowest BCUT2D eigenvalue weighted by molar-refractivity contribution is -0.179. The second-order valence-corrected chi connectivity index (χ2v) is 4.36. The first-order valence-electron chi connectivity index (χ1n) is 5.65. The first-order valence-corrected chi connectivity index (χ1v) is 5.65. The van der Waals surface area contributed by atoms with Crippen LogP contribution in [0.5, 0.6) is 0 Å². The van der Waals surface area contributed by atoms with Gasteiger partial charge in [0.2, 0.25) is 0 Å². The highest BCUT2D eigenvalue weighted by Crippen LogP contribution is 2.41. The maximum atomic E-state index is 5.69. The Bertz CT molecular complexity index is 307. The molecule has 0 atom stereocenters. The molecule has 1 aromatic rings. The summed E-state index contributed by atoms with van der Waals surface area (Å²) in [7, 11) is 0. The third kappa shape index (κ3) is 1.68. The normalized spacial score (nSPS) is 26.1. The van der Waals surface area contributed by atoms with Crippen LogP contribution in [0.15, 0.2) is 12.4 Å². The van der Waals surface area contributed by atoms with Gasteiger partial charge in [0.1, 0.15) is 5.82 Å². The van der Waals surface area contributed by atoms with E-state index in [2.05, 4.69) is 9.97 Å². The van der Waals surface area contributed by atoms with Crippen molar-refractivity contribution in [2.24, 2.45) is 0 Å². The molecule has 4 nitrogen and oxygen atoms in total. The monoisotopic (exact) mass is 208 g/mol. The summed E-state index contributed by atoms with van der Waals surface area (Å²) in [6, 6.07) is 0. The van der Waals surface area contributed by atoms with Crippen molar-refractivity contribution in [3.05, 3.63) is 18.2 Å². The molecule has 0 bridgehead atoms. The first kappa shape index (κ1) is 9.36. The van der Waals surface area contributed by atoms with E-state index in [9.17, 15) is 0 Å². The largest absolute Gasteiger partial charge is 0.348 e. The lowest BCUT2D eigenvalue weighted by atomic mass is 9.84. The van der Waals surface area contributed by atoms with Crippen molar-refractivity contribution < 1.29 is 9.47 Å². The van der Waals surface area contributed by atoms with Gasteiger partial charge >= 0.3 is 0 Å². The van der Waals surface area contributed by atoms with E-state index in [1.54, 1.807) is 0 Å². The van der Waals surface area contributed by atoms with E-state index < -0.39 is 0 Å². The summed E-state index contributed by atoms with van der Waals surface area (Å²) in [5.41, 5.74) is 0. The van der Waals surface area contributed by atoms with Crippen LogP contribution in [0.25, 0.3) is 0 Å². The molecule has 0 aromatic carbocycles. The molecule has 1 aliphatic heterocycles. The van der Waals surface area contributed by atoms with Crippen molar-refractivity contribution in [2.75, 3.05) is 13.2 Å². The average molecular weight is 208 g/mol. The average Bonchev–Trinajstić information content (AvgIpc) is 2.91. The van der Waals surface area contributed by atoms with Crippen molar-refractivity contribution in [3.8, 4) is 0 Å². The zero-order chi connectivity index (χ0) is 10.1. The highest BCUT2D eigenvalue weighted by atomic mass is 16.7. The van der Waals surface area contributed by atoms with Gasteiger partial charge in [-0.2, -0.15) is 0 Å². The maximum Gasteiger partial charge on any atom is 0.168 e. The minimum Gasteiger partial charge on any atom is -0.348 e. The van der Waals surface area contributed by atoms with Crippen molar-refractivity contribution in [2.45, 2.75) is 37.4 Å². The van der Waals surface area contributed by atoms with Gasteiger partial charge in [-0.25, -0.2) is 4.98 Å². The second kappa shape index (κ2) is 3.61. The molecule has 1 aromatic heterocycles. The smallest absolute Gasteiger partial charge is 0.168 e. The van der Waals surface area contributed by atoms with Crippen LogP contribution in [0.4, 0.5) is 0 Å². The summed E-state index contributed by atoms with van der Waals surface area (Å²) in [6.45, 7) is 1.51. The molecule has 15 heavy (non-hydrogen) atoms. The molecule has 1 saturated carbocycles. The van der Waals surface area contributed by atoms with Crippen LogP contribution in [0.2, 0.25) is 0 Å². The number of hydrogen-bond acceptors (Lipinski definition) is 3. The number of H-pyrrole nitrogens is 1. The van der Waals surface area contributed by atoms with E-state index in [1.165, 1.54) is 0 Å². The fourth-order valence-electron chi connectivity index (χ4n) is 2.62. The summed E-state index contributed by atoms with van der Waals surface area (Å²) < 4.78 is 11.4. The van der Waals surface area contributed by atoms with Crippen molar-refractivity contribution >= 4 is 0 Å². The standard InChI is InChI=1S/C11H16N2O2/c1-3-11(14-7-8-15-11)4-2-9(1)10-12-5-6-13-10/h5-6,9H,1-4,7-8H2,(H,12,13). The predicted octanol–water partition coefficient (Wildman–Crippen LogP) is 1.81. The molecule has 0 radical (unpaired) electrons. The molecule has 0 amide bonds. The lowest BCUT2D eigenvalue weighted by Gasteiger charge is -2.34. The molecule has 2 fully saturated rings. The summed E-state index contributed by atoms with van der Waals surface area (Å²) in [4.78, 5) is 7.51. The Balaban J connectivity index is 1.65. The van der Waals surface area contributed by atoms with Gasteiger partial charge in [0.15, 0.2) is 5.79 Å². The number of rotatable bonds is 1. The number of hydrogen-bond donors (Lipinski definition) is 1. The van der Waals surface area contributed by atoms with Crippen molar-refractivity contribution in [3.63, 3.8) is 0 Å². The number of imidazole rings is 1. The van der Waals surface area contributed by atoms with E-state index in [0.29, 0.717) is 5.92 Å². The van der Waals surface area contributed by atoms with E-state index in [4.69, 9.17) is 9.47 Å². The SMILES string of the molecule is c1c[nH]c(C2CCC3(CC2)OCCO3)n1. The molecule has 1 spiro atoms. The van der Waals surface area contributed by atoms with Crippen molar-refractivity contribution in [1.82, 2.24) is 9.97 Å². The molecule has 1 aliphatic carbocycles. The molecule has 4 heteroatoms. The third-order valence-electron chi connectivity index (χ3n) is 3.47. The van der Waals surface area contributed by atoms with Crippen LogP contribution in [-0.4, -0.2) is 29.0 Å². The van der Waals surface area contributed by atoms with Gasteiger partial charge in [-0.15, -0.1) is 0 Å². The van der Waals surface area contributed by atoms with Gasteiger partial charge in [-0.1, -0.05) is 0 Å². The van der Waals surface area contributed by atoms with Gasteiger partial charge in [0.05, 0.1) is 13.2 Å². The Hall–Kier alpha value is -0.870. The Labute approximate surface area is 89.0 Å². The number of nitrogens with one attached hydrogen (secondary N) is 1. The van der Waals surface area contributed by atoms with E-state index >= 15 is 0 Å². The van der Waals surface area contributed by atoms with Crippen molar-refractivity contribution in [1.29, 1.82) is 0 Å². The van der Waals surface area contributed by atoms with Gasteiger partial charge in [0.25, 0.3) is 0 Å². The Morgan fingerprint density at radius 3 is 2.60 bits per heavy atom. The quantitative estimate of drug-likeness (QED) is 0.765. The summed E-state index contributed by atoms with van der Waals surface area (Å²) in [5.74, 6) is 1.42. The number of aromatic amines is 1. The Morgan fingerprint density at radius 1 is 1.27 bits per heavy atom. The van der Waals surface area contributed by atoms with Crippen LogP contribution in [0.3, 0.4) is 0 Å². The zero-order valence-electron chi connectivity index (χ0n) is 8.74. The highest BCUT2D eigenvalue weighted by molar-refractivity contribution is 5.00. The molecule has 1 N–H and O–H groups in total. The van der Waals surface area contributed by atoms with E-state index in [0.717, 1.165) is 44.7 Å².